The summed E-state index contributed by atoms with van der Waals surface area (Å²) in [4.78, 5) is 0.256. The van der Waals surface area contributed by atoms with Gasteiger partial charge in [-0.25, -0.2) is 8.42 Å². The van der Waals surface area contributed by atoms with Crippen LogP contribution in [-0.4, -0.2) is 8.42 Å². The number of fused-ring (bicyclic) bond motifs is 1. The first kappa shape index (κ1) is 12.0. The smallest absolute Gasteiger partial charge is 0.186 e. The Morgan fingerprint density at radius 3 is 2.37 bits per heavy atom. The highest BCUT2D eigenvalue weighted by molar-refractivity contribution is 7.90. The lowest BCUT2D eigenvalue weighted by Gasteiger charge is -2.02. The third kappa shape index (κ3) is 2.27. The molecule has 96 valence electrons. The van der Waals surface area contributed by atoms with Crippen LogP contribution in [0.4, 0.5) is 0 Å². The second-order valence-electron chi connectivity index (χ2n) is 4.34. The van der Waals surface area contributed by atoms with E-state index in [9.17, 15) is 8.42 Å². The van der Waals surface area contributed by atoms with E-state index in [0.717, 1.165) is 5.56 Å². The van der Waals surface area contributed by atoms with Gasteiger partial charge in [0, 0.05) is 5.39 Å². The highest BCUT2D eigenvalue weighted by atomic mass is 32.2. The topological polar surface area (TPSA) is 47.3 Å². The molecule has 0 spiro atoms. The van der Waals surface area contributed by atoms with Gasteiger partial charge >= 0.3 is 0 Å². The first-order chi connectivity index (χ1) is 9.17. The van der Waals surface area contributed by atoms with Gasteiger partial charge in [0.15, 0.2) is 9.84 Å². The molecule has 0 N–H and O–H groups in total. The Morgan fingerprint density at radius 1 is 0.895 bits per heavy atom. The van der Waals surface area contributed by atoms with Crippen LogP contribution in [-0.2, 0) is 15.6 Å². The second-order valence-corrected chi connectivity index (χ2v) is 6.30. The summed E-state index contributed by atoms with van der Waals surface area (Å²) < 4.78 is 30.1. The minimum Gasteiger partial charge on any atom is -0.463 e. The van der Waals surface area contributed by atoms with Crippen LogP contribution in [0.1, 0.15) is 5.56 Å². The average Bonchev–Trinajstić information content (AvgIpc) is 2.84. The second kappa shape index (κ2) is 4.55. The van der Waals surface area contributed by atoms with E-state index < -0.39 is 9.84 Å². The maximum absolute atomic E-state index is 12.4. The van der Waals surface area contributed by atoms with E-state index in [0.29, 0.717) is 11.0 Å². The van der Waals surface area contributed by atoms with Crippen molar-refractivity contribution in [3.63, 3.8) is 0 Å². The fourth-order valence-electron chi connectivity index (χ4n) is 2.07. The van der Waals surface area contributed by atoms with Crippen molar-refractivity contribution < 1.29 is 12.8 Å². The van der Waals surface area contributed by atoms with Gasteiger partial charge in [-0.3, -0.25) is 0 Å². The highest BCUT2D eigenvalue weighted by Crippen LogP contribution is 2.27. The molecule has 0 saturated heterocycles. The number of hydrogen-bond acceptors (Lipinski definition) is 3. The van der Waals surface area contributed by atoms with Gasteiger partial charge in [-0.05, 0) is 17.7 Å². The Kier molecular flexibility index (Phi) is 2.87. The molecule has 0 aliphatic heterocycles. The maximum Gasteiger partial charge on any atom is 0.186 e. The molecular formula is C15H12O3S. The van der Waals surface area contributed by atoms with Gasteiger partial charge in [-0.1, -0.05) is 42.5 Å². The molecule has 2 aromatic carbocycles. The van der Waals surface area contributed by atoms with Crippen LogP contribution < -0.4 is 0 Å². The molecule has 3 rings (SSSR count). The summed E-state index contributed by atoms with van der Waals surface area (Å²) in [6, 6.07) is 16.3. The van der Waals surface area contributed by atoms with Gasteiger partial charge in [0.2, 0.25) is 0 Å². The summed E-state index contributed by atoms with van der Waals surface area (Å²) in [5.74, 6) is -0.0165. The number of para-hydroxylation sites is 1. The van der Waals surface area contributed by atoms with Crippen LogP contribution in [0.2, 0.25) is 0 Å². The van der Waals surface area contributed by atoms with Gasteiger partial charge < -0.3 is 4.42 Å². The van der Waals surface area contributed by atoms with Crippen molar-refractivity contribution in [1.82, 2.24) is 0 Å². The van der Waals surface area contributed by atoms with Crippen LogP contribution in [0.15, 0.2) is 70.2 Å². The molecule has 19 heavy (non-hydrogen) atoms. The molecular weight excluding hydrogens is 260 g/mol. The van der Waals surface area contributed by atoms with E-state index in [1.807, 2.05) is 24.3 Å². The molecule has 0 bridgehead atoms. The summed E-state index contributed by atoms with van der Waals surface area (Å²) in [5, 5.41) is 0.637. The van der Waals surface area contributed by atoms with Gasteiger partial charge in [0.05, 0.1) is 5.75 Å². The van der Waals surface area contributed by atoms with Crippen LogP contribution in [0.5, 0.6) is 0 Å². The van der Waals surface area contributed by atoms with E-state index in [1.165, 1.54) is 6.26 Å². The Morgan fingerprint density at radius 2 is 1.58 bits per heavy atom. The van der Waals surface area contributed by atoms with Gasteiger partial charge in [0.25, 0.3) is 0 Å². The van der Waals surface area contributed by atoms with Crippen LogP contribution in [0.25, 0.3) is 11.0 Å². The third-order valence-electron chi connectivity index (χ3n) is 2.98. The van der Waals surface area contributed by atoms with Gasteiger partial charge in [-0.15, -0.1) is 0 Å². The number of sulfone groups is 1. The van der Waals surface area contributed by atoms with Crippen LogP contribution in [0, 0.1) is 0 Å². The first-order valence-corrected chi connectivity index (χ1v) is 7.55. The molecule has 0 radical (unpaired) electrons. The molecule has 3 nitrogen and oxygen atoms in total. The predicted octanol–water partition coefficient (Wildman–Crippen LogP) is 3.41. The fourth-order valence-corrected chi connectivity index (χ4v) is 3.55. The zero-order chi connectivity index (χ0) is 13.3. The van der Waals surface area contributed by atoms with Crippen molar-refractivity contribution in [3.05, 3.63) is 66.4 Å². The minimum absolute atomic E-state index is 0.0165. The number of rotatable bonds is 3. The average molecular weight is 272 g/mol. The van der Waals surface area contributed by atoms with E-state index >= 15 is 0 Å². The summed E-state index contributed by atoms with van der Waals surface area (Å²) in [5.41, 5.74) is 1.36. The molecule has 3 aromatic rings. The Labute approximate surface area is 111 Å². The lowest BCUT2D eigenvalue weighted by Crippen LogP contribution is -2.04. The largest absolute Gasteiger partial charge is 0.463 e. The standard InChI is InChI=1S/C15H12O3S/c16-19(17,11-12-6-2-1-3-7-12)15-10-18-14-9-5-4-8-13(14)15/h1-10H,11H2. The molecule has 0 aliphatic carbocycles. The normalized spacial score (nSPS) is 11.8. The van der Waals surface area contributed by atoms with Crippen LogP contribution >= 0.6 is 0 Å². The molecule has 0 fully saturated rings. The molecule has 0 unspecified atom stereocenters. The first-order valence-electron chi connectivity index (χ1n) is 5.90. The summed E-state index contributed by atoms with van der Waals surface area (Å²) >= 11 is 0. The highest BCUT2D eigenvalue weighted by Gasteiger charge is 2.20. The molecule has 1 aromatic heterocycles. The van der Waals surface area contributed by atoms with Crippen molar-refractivity contribution in [2.24, 2.45) is 0 Å². The number of furan rings is 1. The molecule has 1 heterocycles. The zero-order valence-electron chi connectivity index (χ0n) is 10.1. The Hall–Kier alpha value is -2.07. The Balaban J connectivity index is 2.05. The van der Waals surface area contributed by atoms with Crippen molar-refractivity contribution in [2.45, 2.75) is 10.6 Å². The number of benzene rings is 2. The Bertz CT molecular complexity index is 802. The van der Waals surface area contributed by atoms with E-state index in [-0.39, 0.29) is 10.6 Å². The fraction of sp³-hybridized carbons (Fsp3) is 0.0667. The van der Waals surface area contributed by atoms with E-state index in [4.69, 9.17) is 4.42 Å². The van der Waals surface area contributed by atoms with Crippen LogP contribution in [0.3, 0.4) is 0 Å². The monoisotopic (exact) mass is 272 g/mol. The quantitative estimate of drug-likeness (QED) is 0.734. The van der Waals surface area contributed by atoms with E-state index in [1.54, 1.807) is 30.3 Å². The van der Waals surface area contributed by atoms with E-state index in [2.05, 4.69) is 0 Å². The lowest BCUT2D eigenvalue weighted by atomic mass is 10.2. The third-order valence-corrected chi connectivity index (χ3v) is 4.68. The SMILES string of the molecule is O=S(=O)(Cc1ccccc1)c1coc2ccccc12. The molecule has 0 atom stereocenters. The van der Waals surface area contributed by atoms with Crippen molar-refractivity contribution in [2.75, 3.05) is 0 Å². The van der Waals surface area contributed by atoms with Gasteiger partial charge in [-0.2, -0.15) is 0 Å². The van der Waals surface area contributed by atoms with Crippen molar-refractivity contribution >= 4 is 20.8 Å². The lowest BCUT2D eigenvalue weighted by molar-refractivity contribution is 0.583. The molecule has 0 aliphatic rings. The summed E-state index contributed by atoms with van der Waals surface area (Å²) in [7, 11) is -3.39. The van der Waals surface area contributed by atoms with Gasteiger partial charge in [0.1, 0.15) is 16.7 Å². The summed E-state index contributed by atoms with van der Waals surface area (Å²) in [6.45, 7) is 0. The molecule has 0 amide bonds. The number of hydrogen-bond donors (Lipinski definition) is 0. The maximum atomic E-state index is 12.4. The van der Waals surface area contributed by atoms with Crippen molar-refractivity contribution in [1.29, 1.82) is 0 Å². The van der Waals surface area contributed by atoms with Crippen molar-refractivity contribution in [3.8, 4) is 0 Å². The molecule has 0 saturated carbocycles. The predicted molar refractivity (Wildman–Crippen MR) is 73.5 cm³/mol. The zero-order valence-corrected chi connectivity index (χ0v) is 10.9. The summed E-state index contributed by atoms with van der Waals surface area (Å²) in [6.07, 6.45) is 1.32. The minimum atomic E-state index is -3.39. The molecule has 4 heteroatoms.